The van der Waals surface area contributed by atoms with Crippen molar-refractivity contribution in [2.75, 3.05) is 14.2 Å². The van der Waals surface area contributed by atoms with Crippen LogP contribution in [0.3, 0.4) is 0 Å². The first kappa shape index (κ1) is 26.8. The molecular weight excluding hydrogens is 533 g/mol. The predicted octanol–water partition coefficient (Wildman–Crippen LogP) is 6.79. The lowest BCUT2D eigenvalue weighted by molar-refractivity contribution is 0.301. The molecule has 8 nitrogen and oxygen atoms in total. The van der Waals surface area contributed by atoms with E-state index in [2.05, 4.69) is 15.3 Å². The summed E-state index contributed by atoms with van der Waals surface area (Å²) in [5, 5.41) is 8.33. The summed E-state index contributed by atoms with van der Waals surface area (Å²) in [7, 11) is 3.30. The van der Waals surface area contributed by atoms with Gasteiger partial charge in [0.25, 0.3) is 0 Å². The van der Waals surface area contributed by atoms with E-state index in [0.717, 1.165) is 51.0 Å². The molecule has 0 bridgehead atoms. The lowest BCUT2D eigenvalue weighted by Crippen LogP contribution is -2.00. The number of aromatic nitrogens is 5. The highest BCUT2D eigenvalue weighted by Gasteiger charge is 2.16. The van der Waals surface area contributed by atoms with Gasteiger partial charge in [0.15, 0.2) is 0 Å². The van der Waals surface area contributed by atoms with Crippen LogP contribution in [0.4, 0.5) is 4.39 Å². The van der Waals surface area contributed by atoms with Crippen molar-refractivity contribution in [3.63, 3.8) is 0 Å². The number of aromatic amines is 1. The summed E-state index contributed by atoms with van der Waals surface area (Å²) in [4.78, 5) is 8.50. The summed E-state index contributed by atoms with van der Waals surface area (Å²) >= 11 is 0. The molecule has 0 saturated heterocycles. The van der Waals surface area contributed by atoms with Crippen molar-refractivity contribution >= 4 is 0 Å². The van der Waals surface area contributed by atoms with Crippen molar-refractivity contribution in [2.45, 2.75) is 13.2 Å². The smallest absolute Gasteiger partial charge is 0.138 e. The average Bonchev–Trinajstić information content (AvgIpc) is 3.69. The number of H-pyrrole nitrogens is 1. The highest BCUT2D eigenvalue weighted by molar-refractivity contribution is 5.81. The van der Waals surface area contributed by atoms with Crippen LogP contribution in [0.2, 0.25) is 0 Å². The number of halogens is 1. The molecule has 0 atom stereocenters. The molecule has 9 heteroatoms. The van der Waals surface area contributed by atoms with E-state index in [-0.39, 0.29) is 12.4 Å². The number of hydrogen-bond donors (Lipinski definition) is 1. The number of benzene rings is 4. The predicted molar refractivity (Wildman–Crippen MR) is 158 cm³/mol. The van der Waals surface area contributed by atoms with E-state index in [1.165, 1.54) is 12.1 Å². The Balaban J connectivity index is 1.18. The second-order valence-corrected chi connectivity index (χ2v) is 9.61. The molecule has 0 fully saturated rings. The Kier molecular flexibility index (Phi) is 7.63. The molecule has 210 valence electrons. The Labute approximate surface area is 242 Å². The highest BCUT2D eigenvalue weighted by atomic mass is 19.1. The summed E-state index contributed by atoms with van der Waals surface area (Å²) in [6.45, 7) is 0.773. The molecule has 0 aliphatic rings. The van der Waals surface area contributed by atoms with Crippen molar-refractivity contribution in [1.82, 2.24) is 25.0 Å². The molecule has 0 saturated carbocycles. The fourth-order valence-electron chi connectivity index (χ4n) is 4.56. The second-order valence-electron chi connectivity index (χ2n) is 9.61. The van der Waals surface area contributed by atoms with Gasteiger partial charge in [-0.3, -0.25) is 0 Å². The Bertz CT molecular complexity index is 1700. The average molecular weight is 562 g/mol. The van der Waals surface area contributed by atoms with Crippen LogP contribution in [0.25, 0.3) is 33.9 Å². The molecule has 0 aliphatic carbocycles. The molecule has 0 aliphatic heterocycles. The van der Waals surface area contributed by atoms with E-state index in [1.54, 1.807) is 31.0 Å². The maximum Gasteiger partial charge on any atom is 0.138 e. The van der Waals surface area contributed by atoms with Crippen molar-refractivity contribution in [1.29, 1.82) is 0 Å². The molecular formula is C33H28FN5O3. The SMILES string of the molecule is COc1ccc(-c2nc(-c3ccc(OCc4cn(Cc5ccc(F)cc5)nn4)cc3)[nH]c2-c2ccc(OC)cc2)cc1. The fourth-order valence-corrected chi connectivity index (χ4v) is 4.56. The van der Waals surface area contributed by atoms with E-state index in [9.17, 15) is 4.39 Å². The van der Waals surface area contributed by atoms with Crippen LogP contribution < -0.4 is 14.2 Å². The van der Waals surface area contributed by atoms with Crippen LogP contribution in [0, 0.1) is 5.82 Å². The zero-order valence-corrected chi connectivity index (χ0v) is 23.1. The number of methoxy groups -OCH3 is 2. The van der Waals surface area contributed by atoms with Gasteiger partial charge in [0, 0.05) is 16.7 Å². The van der Waals surface area contributed by atoms with Gasteiger partial charge in [-0.2, -0.15) is 0 Å². The Morgan fingerprint density at radius 2 is 1.31 bits per heavy atom. The van der Waals surface area contributed by atoms with Crippen LogP contribution >= 0.6 is 0 Å². The summed E-state index contributed by atoms with van der Waals surface area (Å²) in [5.41, 5.74) is 6.25. The third-order valence-electron chi connectivity index (χ3n) is 6.80. The standard InChI is InChI=1S/C33H28FN5O3/c1-40-28-13-5-23(6-14-28)31-32(24-7-15-29(41-2)16-8-24)36-33(35-31)25-9-17-30(18-10-25)42-21-27-20-39(38-37-27)19-22-3-11-26(34)12-4-22/h3-18,20H,19,21H2,1-2H3,(H,35,36). The lowest BCUT2D eigenvalue weighted by atomic mass is 10.0. The van der Waals surface area contributed by atoms with Crippen LogP contribution in [-0.4, -0.2) is 39.2 Å². The molecule has 4 aromatic carbocycles. The highest BCUT2D eigenvalue weighted by Crippen LogP contribution is 2.35. The van der Waals surface area contributed by atoms with E-state index in [0.29, 0.717) is 18.0 Å². The van der Waals surface area contributed by atoms with Crippen LogP contribution in [0.1, 0.15) is 11.3 Å². The van der Waals surface area contributed by atoms with Crippen molar-refractivity contribution in [3.05, 3.63) is 120 Å². The van der Waals surface area contributed by atoms with Gasteiger partial charge in [0.1, 0.15) is 41.2 Å². The molecule has 6 aromatic rings. The van der Waals surface area contributed by atoms with Gasteiger partial charge in [-0.15, -0.1) is 5.10 Å². The summed E-state index contributed by atoms with van der Waals surface area (Å²) in [5.74, 6) is 2.74. The van der Waals surface area contributed by atoms with Crippen molar-refractivity contribution in [2.24, 2.45) is 0 Å². The minimum Gasteiger partial charge on any atom is -0.497 e. The molecule has 2 aromatic heterocycles. The first-order valence-electron chi connectivity index (χ1n) is 13.3. The third kappa shape index (κ3) is 6.00. The molecule has 6 rings (SSSR count). The number of imidazole rings is 1. The number of nitrogens with one attached hydrogen (secondary N) is 1. The number of hydrogen-bond acceptors (Lipinski definition) is 6. The number of rotatable bonds is 10. The molecule has 0 unspecified atom stereocenters. The monoisotopic (exact) mass is 561 g/mol. The number of ether oxygens (including phenoxy) is 3. The van der Waals surface area contributed by atoms with Gasteiger partial charge < -0.3 is 19.2 Å². The summed E-state index contributed by atoms with van der Waals surface area (Å²) < 4.78 is 31.5. The maximum absolute atomic E-state index is 13.2. The Morgan fingerprint density at radius 1 is 0.714 bits per heavy atom. The largest absolute Gasteiger partial charge is 0.497 e. The van der Waals surface area contributed by atoms with Crippen molar-refractivity contribution < 1.29 is 18.6 Å². The van der Waals surface area contributed by atoms with Crippen molar-refractivity contribution in [3.8, 4) is 51.2 Å². The van der Waals surface area contributed by atoms with E-state index >= 15 is 0 Å². The van der Waals surface area contributed by atoms with Crippen LogP contribution in [-0.2, 0) is 13.2 Å². The molecule has 42 heavy (non-hydrogen) atoms. The Morgan fingerprint density at radius 3 is 1.95 bits per heavy atom. The lowest BCUT2D eigenvalue weighted by Gasteiger charge is -2.06. The topological polar surface area (TPSA) is 87.1 Å². The van der Waals surface area contributed by atoms with Gasteiger partial charge in [-0.1, -0.05) is 17.3 Å². The van der Waals surface area contributed by atoms with Gasteiger partial charge in [0.05, 0.1) is 38.3 Å². The van der Waals surface area contributed by atoms with E-state index in [1.807, 2.05) is 79.0 Å². The Hall–Kier alpha value is -5.44. The minimum absolute atomic E-state index is 0.264. The molecule has 0 spiro atoms. The fraction of sp³-hybridized carbons (Fsp3) is 0.121. The molecule has 0 amide bonds. The van der Waals surface area contributed by atoms with Gasteiger partial charge in [0.2, 0.25) is 0 Å². The quantitative estimate of drug-likeness (QED) is 0.198. The van der Waals surface area contributed by atoms with Gasteiger partial charge in [-0.05, 0) is 90.5 Å². The number of nitrogens with zero attached hydrogens (tertiary/aromatic N) is 4. The second kappa shape index (κ2) is 12.0. The molecule has 2 heterocycles. The first-order chi connectivity index (χ1) is 20.6. The van der Waals surface area contributed by atoms with Gasteiger partial charge >= 0.3 is 0 Å². The zero-order valence-electron chi connectivity index (χ0n) is 23.1. The zero-order chi connectivity index (χ0) is 28.9. The molecule has 1 N–H and O–H groups in total. The van der Waals surface area contributed by atoms with Crippen LogP contribution in [0.15, 0.2) is 103 Å². The maximum atomic E-state index is 13.2. The first-order valence-corrected chi connectivity index (χ1v) is 13.3. The third-order valence-corrected chi connectivity index (χ3v) is 6.80. The summed E-state index contributed by atoms with van der Waals surface area (Å²) in [6.07, 6.45) is 1.82. The van der Waals surface area contributed by atoms with E-state index in [4.69, 9.17) is 19.2 Å². The van der Waals surface area contributed by atoms with E-state index < -0.39 is 0 Å². The van der Waals surface area contributed by atoms with Crippen LogP contribution in [0.5, 0.6) is 17.2 Å². The normalized spacial score (nSPS) is 10.9. The minimum atomic E-state index is -0.264. The molecule has 0 radical (unpaired) electrons. The van der Waals surface area contributed by atoms with Gasteiger partial charge in [-0.25, -0.2) is 14.1 Å². The summed E-state index contributed by atoms with van der Waals surface area (Å²) in [6, 6.07) is 29.8.